The van der Waals surface area contributed by atoms with E-state index in [9.17, 15) is 9.36 Å². The third-order valence-electron chi connectivity index (χ3n) is 1.67. The molecule has 0 aliphatic heterocycles. The lowest BCUT2D eigenvalue weighted by molar-refractivity contribution is -0.144. The molecule has 0 amide bonds. The number of nitrogens with two attached hydrogens (primary N) is 1. The number of ether oxygens (including phenoxy) is 1. The number of esters is 1. The normalized spacial score (nSPS) is 15.6. The van der Waals surface area contributed by atoms with Gasteiger partial charge in [-0.1, -0.05) is 0 Å². The van der Waals surface area contributed by atoms with Crippen LogP contribution in [0.3, 0.4) is 0 Å². The average molecular weight is 253 g/mol. The summed E-state index contributed by atoms with van der Waals surface area (Å²) in [5.41, 5.74) is 5.62. The molecule has 7 heteroatoms. The summed E-state index contributed by atoms with van der Waals surface area (Å²) < 4.78 is 27.3. The van der Waals surface area contributed by atoms with Crippen molar-refractivity contribution in [2.24, 2.45) is 5.73 Å². The van der Waals surface area contributed by atoms with Gasteiger partial charge in [0, 0.05) is 6.92 Å². The van der Waals surface area contributed by atoms with Crippen molar-refractivity contribution >= 4 is 13.6 Å². The van der Waals surface area contributed by atoms with Crippen LogP contribution in [0.15, 0.2) is 0 Å². The van der Waals surface area contributed by atoms with Gasteiger partial charge >= 0.3 is 13.6 Å². The van der Waals surface area contributed by atoms with Crippen LogP contribution in [0.25, 0.3) is 0 Å². The van der Waals surface area contributed by atoms with Crippen molar-refractivity contribution in [2.45, 2.75) is 39.6 Å². The van der Waals surface area contributed by atoms with E-state index in [-0.39, 0.29) is 13.2 Å². The lowest BCUT2D eigenvalue weighted by atomic mass is 10.4. The van der Waals surface area contributed by atoms with Gasteiger partial charge in [-0.15, -0.1) is 0 Å². The van der Waals surface area contributed by atoms with Gasteiger partial charge in [0.15, 0.2) is 0 Å². The van der Waals surface area contributed by atoms with E-state index in [0.717, 1.165) is 0 Å². The Hall–Kier alpha value is -0.420. The summed E-state index contributed by atoms with van der Waals surface area (Å²) in [6, 6.07) is -0.632. The van der Waals surface area contributed by atoms with Gasteiger partial charge in [0.25, 0.3) is 0 Å². The van der Waals surface area contributed by atoms with Crippen molar-refractivity contribution < 1.29 is 23.1 Å². The highest BCUT2D eigenvalue weighted by atomic mass is 31.2. The third kappa shape index (κ3) is 4.61. The molecule has 0 aromatic heterocycles. The van der Waals surface area contributed by atoms with E-state index >= 15 is 0 Å². The second-order valence-corrected chi connectivity index (χ2v) is 5.34. The lowest BCUT2D eigenvalue weighted by Gasteiger charge is -2.27. The standard InChI is InChI=1S/C9H20NO5P/c1-5-13-16(12,14-6-2)9(7(3)10)15-8(4)11/h7,9H,5-6,10H2,1-4H3/t7-,9+/m0/s1. The van der Waals surface area contributed by atoms with Crippen molar-refractivity contribution in [3.63, 3.8) is 0 Å². The molecule has 0 heterocycles. The van der Waals surface area contributed by atoms with Gasteiger partial charge in [0.2, 0.25) is 5.85 Å². The van der Waals surface area contributed by atoms with Crippen molar-refractivity contribution in [3.05, 3.63) is 0 Å². The van der Waals surface area contributed by atoms with Gasteiger partial charge in [-0.2, -0.15) is 0 Å². The van der Waals surface area contributed by atoms with E-state index in [4.69, 9.17) is 19.5 Å². The van der Waals surface area contributed by atoms with E-state index in [0.29, 0.717) is 0 Å². The van der Waals surface area contributed by atoms with Crippen molar-refractivity contribution in [1.29, 1.82) is 0 Å². The average Bonchev–Trinajstić information content (AvgIpc) is 2.14. The predicted octanol–water partition coefficient (Wildman–Crippen LogP) is 1.49. The number of carbonyl (C=O) groups excluding carboxylic acids is 1. The molecule has 0 spiro atoms. The zero-order valence-corrected chi connectivity index (χ0v) is 11.0. The molecule has 0 aliphatic carbocycles. The van der Waals surface area contributed by atoms with Crippen LogP contribution in [0.2, 0.25) is 0 Å². The van der Waals surface area contributed by atoms with E-state index in [2.05, 4.69) is 0 Å². The highest BCUT2D eigenvalue weighted by Crippen LogP contribution is 2.54. The lowest BCUT2D eigenvalue weighted by Crippen LogP contribution is -2.36. The summed E-state index contributed by atoms with van der Waals surface area (Å²) in [7, 11) is -3.51. The zero-order valence-electron chi connectivity index (χ0n) is 10.1. The second-order valence-electron chi connectivity index (χ2n) is 3.23. The summed E-state index contributed by atoms with van der Waals surface area (Å²) in [6.07, 6.45) is 0. The molecule has 0 aliphatic rings. The number of rotatable bonds is 7. The van der Waals surface area contributed by atoms with Crippen LogP contribution in [0.1, 0.15) is 27.7 Å². The van der Waals surface area contributed by atoms with Crippen molar-refractivity contribution in [2.75, 3.05) is 13.2 Å². The quantitative estimate of drug-likeness (QED) is 0.546. The SMILES string of the molecule is CCOP(=O)(OCC)[C@@H](OC(C)=O)[C@H](C)N. The van der Waals surface area contributed by atoms with E-state index in [1.165, 1.54) is 6.92 Å². The third-order valence-corrected chi connectivity index (χ3v) is 4.10. The van der Waals surface area contributed by atoms with E-state index in [1.807, 2.05) is 0 Å². The van der Waals surface area contributed by atoms with E-state index < -0.39 is 25.5 Å². The van der Waals surface area contributed by atoms with Gasteiger partial charge in [-0.05, 0) is 20.8 Å². The molecule has 16 heavy (non-hydrogen) atoms. The highest BCUT2D eigenvalue weighted by Gasteiger charge is 2.40. The van der Waals surface area contributed by atoms with Crippen LogP contribution in [0.4, 0.5) is 0 Å². The Balaban J connectivity index is 4.93. The minimum atomic E-state index is -3.51. The van der Waals surface area contributed by atoms with Crippen LogP contribution in [0, 0.1) is 0 Å². The molecular weight excluding hydrogens is 233 g/mol. The fourth-order valence-corrected chi connectivity index (χ4v) is 3.12. The Kier molecular flexibility index (Phi) is 6.83. The van der Waals surface area contributed by atoms with Gasteiger partial charge in [-0.3, -0.25) is 9.36 Å². The molecule has 0 saturated heterocycles. The smallest absolute Gasteiger partial charge is 0.372 e. The van der Waals surface area contributed by atoms with Gasteiger partial charge in [0.1, 0.15) is 0 Å². The van der Waals surface area contributed by atoms with Crippen LogP contribution < -0.4 is 5.73 Å². The molecule has 2 N–H and O–H groups in total. The predicted molar refractivity (Wildman–Crippen MR) is 60.1 cm³/mol. The Morgan fingerprint density at radius 3 is 2.00 bits per heavy atom. The van der Waals surface area contributed by atoms with Crippen LogP contribution in [0.5, 0.6) is 0 Å². The summed E-state index contributed by atoms with van der Waals surface area (Å²) in [6.45, 7) is 6.55. The maximum Gasteiger partial charge on any atom is 0.372 e. The maximum absolute atomic E-state index is 12.3. The fourth-order valence-electron chi connectivity index (χ4n) is 1.17. The molecule has 0 bridgehead atoms. The molecule has 0 rings (SSSR count). The highest BCUT2D eigenvalue weighted by molar-refractivity contribution is 7.54. The Labute approximate surface area is 96.0 Å². The molecule has 0 unspecified atom stereocenters. The van der Waals surface area contributed by atoms with E-state index in [1.54, 1.807) is 20.8 Å². The van der Waals surface area contributed by atoms with Crippen molar-refractivity contribution in [1.82, 2.24) is 0 Å². The van der Waals surface area contributed by atoms with Crippen LogP contribution in [-0.4, -0.2) is 31.1 Å². The fraction of sp³-hybridized carbons (Fsp3) is 0.889. The van der Waals surface area contributed by atoms with Crippen LogP contribution in [-0.2, 0) is 23.1 Å². The largest absolute Gasteiger partial charge is 0.448 e. The first-order valence-electron chi connectivity index (χ1n) is 5.19. The number of hydrogen-bond acceptors (Lipinski definition) is 6. The first-order chi connectivity index (χ1) is 7.37. The molecule has 0 radical (unpaired) electrons. The number of carbonyl (C=O) groups is 1. The summed E-state index contributed by atoms with van der Waals surface area (Å²) in [5.74, 6) is -1.63. The molecular formula is C9H20NO5P. The topological polar surface area (TPSA) is 87.9 Å². The maximum atomic E-state index is 12.3. The molecule has 2 atom stereocenters. The molecule has 0 saturated carbocycles. The Morgan fingerprint density at radius 1 is 1.31 bits per heavy atom. The first-order valence-corrected chi connectivity index (χ1v) is 6.80. The summed E-state index contributed by atoms with van der Waals surface area (Å²) in [5, 5.41) is 0. The molecule has 6 nitrogen and oxygen atoms in total. The van der Waals surface area contributed by atoms with Gasteiger partial charge < -0.3 is 19.5 Å². The Bertz CT molecular complexity index is 259. The molecule has 0 fully saturated rings. The minimum absolute atomic E-state index is 0.196. The van der Waals surface area contributed by atoms with Crippen LogP contribution >= 0.6 is 7.60 Å². The van der Waals surface area contributed by atoms with Gasteiger partial charge in [0.05, 0.1) is 19.3 Å². The minimum Gasteiger partial charge on any atom is -0.448 e. The molecule has 0 aromatic carbocycles. The molecule has 0 aromatic rings. The molecule has 96 valence electrons. The van der Waals surface area contributed by atoms with Crippen molar-refractivity contribution in [3.8, 4) is 0 Å². The second kappa shape index (κ2) is 7.01. The number of hydrogen-bond donors (Lipinski definition) is 1. The zero-order chi connectivity index (χ0) is 12.8. The monoisotopic (exact) mass is 253 g/mol. The Morgan fingerprint density at radius 2 is 1.75 bits per heavy atom. The first kappa shape index (κ1) is 15.6. The summed E-state index contributed by atoms with van der Waals surface area (Å²) in [4.78, 5) is 10.9. The van der Waals surface area contributed by atoms with Gasteiger partial charge in [-0.25, -0.2) is 0 Å². The summed E-state index contributed by atoms with van der Waals surface area (Å²) >= 11 is 0.